The maximum absolute atomic E-state index is 11.8. The van der Waals surface area contributed by atoms with Crippen molar-refractivity contribution in [1.82, 2.24) is 4.90 Å². The highest BCUT2D eigenvalue weighted by atomic mass is 16.6. The van der Waals surface area contributed by atoms with Crippen LogP contribution >= 0.6 is 0 Å². The molecule has 1 heterocycles. The molecule has 1 aromatic carbocycles. The lowest BCUT2D eigenvalue weighted by molar-refractivity contribution is -0.155. The predicted octanol–water partition coefficient (Wildman–Crippen LogP) is 2.75. The van der Waals surface area contributed by atoms with Crippen LogP contribution in [0.2, 0.25) is 0 Å². The van der Waals surface area contributed by atoms with Gasteiger partial charge >= 0.3 is 5.97 Å². The first-order chi connectivity index (χ1) is 10.2. The fourth-order valence-electron chi connectivity index (χ4n) is 2.46. The van der Waals surface area contributed by atoms with Crippen LogP contribution in [0.5, 0.6) is 0 Å². The smallest absolute Gasteiger partial charge is 0.335 e. The molecule has 0 bridgehead atoms. The number of nitrogens with zero attached hydrogens (tertiary/aromatic N) is 1. The van der Waals surface area contributed by atoms with E-state index in [1.54, 1.807) is 0 Å². The Morgan fingerprint density at radius 3 is 2.48 bits per heavy atom. The van der Waals surface area contributed by atoms with Gasteiger partial charge < -0.3 is 9.47 Å². The summed E-state index contributed by atoms with van der Waals surface area (Å²) in [7, 11) is 0. The van der Waals surface area contributed by atoms with E-state index in [2.05, 4.69) is 30.9 Å². The molecule has 0 radical (unpaired) electrons. The molecule has 0 aliphatic carbocycles. The second-order valence-corrected chi connectivity index (χ2v) is 5.39. The first-order valence-electron chi connectivity index (χ1n) is 7.81. The molecular formula is C17H25NO3. The molecule has 1 saturated heterocycles. The van der Waals surface area contributed by atoms with Crippen LogP contribution in [0.15, 0.2) is 24.3 Å². The van der Waals surface area contributed by atoms with Crippen molar-refractivity contribution in [2.45, 2.75) is 45.9 Å². The van der Waals surface area contributed by atoms with Crippen LogP contribution in [0, 0.1) is 0 Å². The zero-order valence-corrected chi connectivity index (χ0v) is 13.0. The Morgan fingerprint density at radius 1 is 1.24 bits per heavy atom. The maximum Gasteiger partial charge on any atom is 0.335 e. The third-order valence-corrected chi connectivity index (χ3v) is 3.90. The van der Waals surface area contributed by atoms with Crippen molar-refractivity contribution in [1.29, 1.82) is 0 Å². The number of esters is 1. The molecule has 0 aromatic heterocycles. The molecule has 116 valence electrons. The van der Waals surface area contributed by atoms with Crippen LogP contribution in [0.4, 0.5) is 0 Å². The number of hydrogen-bond acceptors (Lipinski definition) is 4. The molecule has 1 aliphatic rings. The Balaban J connectivity index is 1.80. The van der Waals surface area contributed by atoms with E-state index in [-0.39, 0.29) is 12.1 Å². The van der Waals surface area contributed by atoms with Crippen LogP contribution in [0.1, 0.15) is 37.8 Å². The summed E-state index contributed by atoms with van der Waals surface area (Å²) in [4.78, 5) is 14.1. The minimum absolute atomic E-state index is 0.236. The first-order valence-corrected chi connectivity index (χ1v) is 7.81. The average Bonchev–Trinajstić information content (AvgIpc) is 3.06. The fourth-order valence-corrected chi connectivity index (χ4v) is 2.46. The summed E-state index contributed by atoms with van der Waals surface area (Å²) in [6.45, 7) is 8.40. The minimum Gasteiger partial charge on any atom is -0.459 e. The van der Waals surface area contributed by atoms with Crippen LogP contribution in [-0.4, -0.2) is 36.7 Å². The van der Waals surface area contributed by atoms with Crippen molar-refractivity contribution in [3.05, 3.63) is 35.4 Å². The Labute approximate surface area is 127 Å². The van der Waals surface area contributed by atoms with Crippen LogP contribution < -0.4 is 0 Å². The van der Waals surface area contributed by atoms with Crippen molar-refractivity contribution < 1.29 is 14.3 Å². The standard InChI is InChI=1S/C17H25NO3/c1-3-18(4-2)12-14-7-9-15(10-8-14)13-21-17(19)16-6-5-11-20-16/h7-10,16H,3-6,11-13H2,1-2H3. The van der Waals surface area contributed by atoms with Gasteiger partial charge in [-0.05, 0) is 37.1 Å². The van der Waals surface area contributed by atoms with E-state index in [0.717, 1.165) is 38.0 Å². The average molecular weight is 291 g/mol. The summed E-state index contributed by atoms with van der Waals surface area (Å²) in [5, 5.41) is 0. The van der Waals surface area contributed by atoms with Gasteiger partial charge in [0.1, 0.15) is 6.61 Å². The monoisotopic (exact) mass is 291 g/mol. The Morgan fingerprint density at radius 2 is 1.90 bits per heavy atom. The summed E-state index contributed by atoms with van der Waals surface area (Å²) >= 11 is 0. The minimum atomic E-state index is -0.355. The van der Waals surface area contributed by atoms with Gasteiger partial charge in [-0.2, -0.15) is 0 Å². The highest BCUT2D eigenvalue weighted by molar-refractivity contribution is 5.74. The molecule has 0 amide bonds. The van der Waals surface area contributed by atoms with Gasteiger partial charge in [-0.25, -0.2) is 4.79 Å². The SMILES string of the molecule is CCN(CC)Cc1ccc(COC(=O)C2CCCO2)cc1. The molecule has 0 N–H and O–H groups in total. The van der Waals surface area contributed by atoms with Crippen molar-refractivity contribution >= 4 is 5.97 Å². The van der Waals surface area contributed by atoms with Gasteiger partial charge in [0.2, 0.25) is 0 Å². The second-order valence-electron chi connectivity index (χ2n) is 5.39. The lowest BCUT2D eigenvalue weighted by Crippen LogP contribution is -2.22. The molecule has 2 rings (SSSR count). The summed E-state index contributed by atoms with van der Waals surface area (Å²) in [5.41, 5.74) is 2.30. The summed E-state index contributed by atoms with van der Waals surface area (Å²) in [6.07, 6.45) is 1.37. The van der Waals surface area contributed by atoms with E-state index < -0.39 is 0 Å². The Bertz CT molecular complexity index is 434. The molecule has 0 saturated carbocycles. The van der Waals surface area contributed by atoms with Crippen molar-refractivity contribution in [3.8, 4) is 0 Å². The van der Waals surface area contributed by atoms with Gasteiger partial charge in [0.15, 0.2) is 6.10 Å². The van der Waals surface area contributed by atoms with E-state index in [1.807, 2.05) is 12.1 Å². The maximum atomic E-state index is 11.8. The lowest BCUT2D eigenvalue weighted by Gasteiger charge is -2.18. The molecule has 0 spiro atoms. The predicted molar refractivity (Wildman–Crippen MR) is 81.8 cm³/mol. The normalized spacial score (nSPS) is 18.1. The molecule has 1 aliphatic heterocycles. The summed E-state index contributed by atoms with van der Waals surface area (Å²) < 4.78 is 10.6. The Hall–Kier alpha value is -1.39. The number of ether oxygens (including phenoxy) is 2. The van der Waals surface area contributed by atoms with Gasteiger partial charge in [0, 0.05) is 13.2 Å². The molecule has 4 nitrogen and oxygen atoms in total. The third kappa shape index (κ3) is 4.83. The first kappa shape index (κ1) is 16.0. The van der Waals surface area contributed by atoms with Crippen LogP contribution in [-0.2, 0) is 27.4 Å². The zero-order valence-electron chi connectivity index (χ0n) is 13.0. The topological polar surface area (TPSA) is 38.8 Å². The van der Waals surface area contributed by atoms with Crippen LogP contribution in [0.3, 0.4) is 0 Å². The largest absolute Gasteiger partial charge is 0.459 e. The molecule has 21 heavy (non-hydrogen) atoms. The number of hydrogen-bond donors (Lipinski definition) is 0. The van der Waals surface area contributed by atoms with Gasteiger partial charge in [-0.15, -0.1) is 0 Å². The van der Waals surface area contributed by atoms with E-state index >= 15 is 0 Å². The summed E-state index contributed by atoms with van der Waals surface area (Å²) in [6, 6.07) is 8.27. The molecule has 1 fully saturated rings. The number of rotatable bonds is 7. The molecule has 1 aromatic rings. The molecular weight excluding hydrogens is 266 g/mol. The molecule has 4 heteroatoms. The second kappa shape index (κ2) is 8.15. The van der Waals surface area contributed by atoms with Crippen molar-refractivity contribution in [2.24, 2.45) is 0 Å². The Kier molecular flexibility index (Phi) is 6.21. The number of benzene rings is 1. The van der Waals surface area contributed by atoms with Crippen molar-refractivity contribution in [2.75, 3.05) is 19.7 Å². The van der Waals surface area contributed by atoms with E-state index in [0.29, 0.717) is 13.2 Å². The zero-order chi connectivity index (χ0) is 15.1. The van der Waals surface area contributed by atoms with E-state index in [1.165, 1.54) is 5.56 Å². The van der Waals surface area contributed by atoms with E-state index in [4.69, 9.17) is 9.47 Å². The molecule has 1 unspecified atom stereocenters. The van der Waals surface area contributed by atoms with Gasteiger partial charge in [0.25, 0.3) is 0 Å². The summed E-state index contributed by atoms with van der Waals surface area (Å²) in [5.74, 6) is -0.236. The number of carbonyl (C=O) groups excluding carboxylic acids is 1. The van der Waals surface area contributed by atoms with E-state index in [9.17, 15) is 4.79 Å². The lowest BCUT2D eigenvalue weighted by atomic mass is 10.1. The fraction of sp³-hybridized carbons (Fsp3) is 0.588. The van der Waals surface area contributed by atoms with Crippen LogP contribution in [0.25, 0.3) is 0 Å². The van der Waals surface area contributed by atoms with Gasteiger partial charge in [-0.3, -0.25) is 4.90 Å². The number of carbonyl (C=O) groups is 1. The quantitative estimate of drug-likeness (QED) is 0.724. The third-order valence-electron chi connectivity index (χ3n) is 3.90. The van der Waals surface area contributed by atoms with Crippen molar-refractivity contribution in [3.63, 3.8) is 0 Å². The highest BCUT2D eigenvalue weighted by Crippen LogP contribution is 2.15. The molecule has 1 atom stereocenters. The van der Waals surface area contributed by atoms with Gasteiger partial charge in [-0.1, -0.05) is 38.1 Å². The van der Waals surface area contributed by atoms with Gasteiger partial charge in [0.05, 0.1) is 0 Å². The highest BCUT2D eigenvalue weighted by Gasteiger charge is 2.24.